The first kappa shape index (κ1) is 14.0. The highest BCUT2D eigenvalue weighted by Crippen LogP contribution is 2.37. The van der Waals surface area contributed by atoms with E-state index >= 15 is 0 Å². The van der Waals surface area contributed by atoms with Crippen LogP contribution in [-0.4, -0.2) is 6.54 Å². The Hall–Kier alpha value is -0.0500. The van der Waals surface area contributed by atoms with Crippen molar-refractivity contribution in [3.8, 4) is 0 Å². The van der Waals surface area contributed by atoms with Crippen LogP contribution in [0.4, 0.5) is 0 Å². The summed E-state index contributed by atoms with van der Waals surface area (Å²) in [4.78, 5) is 0. The van der Waals surface area contributed by atoms with E-state index in [1.165, 1.54) is 5.56 Å². The number of benzene rings is 1. The number of hydrogen-bond donors (Lipinski definition) is 1. The van der Waals surface area contributed by atoms with Gasteiger partial charge in [-0.05, 0) is 35.7 Å². The molecule has 16 heavy (non-hydrogen) atoms. The highest BCUT2D eigenvalue weighted by atomic mass is 79.9. The number of halogens is 2. The van der Waals surface area contributed by atoms with Crippen molar-refractivity contribution in [1.82, 2.24) is 5.32 Å². The van der Waals surface area contributed by atoms with Gasteiger partial charge in [0.25, 0.3) is 0 Å². The molecule has 1 aromatic carbocycles. The van der Waals surface area contributed by atoms with E-state index in [9.17, 15) is 0 Å². The van der Waals surface area contributed by atoms with Crippen LogP contribution in [0.25, 0.3) is 0 Å². The molecule has 0 saturated heterocycles. The van der Waals surface area contributed by atoms with Gasteiger partial charge in [0.2, 0.25) is 0 Å². The molecule has 1 N–H and O–H groups in total. The van der Waals surface area contributed by atoms with E-state index in [1.54, 1.807) is 0 Å². The van der Waals surface area contributed by atoms with Gasteiger partial charge in [-0.25, -0.2) is 0 Å². The smallest absolute Gasteiger partial charge is 0.0410 e. The van der Waals surface area contributed by atoms with Crippen LogP contribution in [0, 0.1) is 5.41 Å². The minimum atomic E-state index is 0.156. The summed E-state index contributed by atoms with van der Waals surface area (Å²) < 4.78 is 1.11. The molecule has 0 saturated carbocycles. The molecule has 0 spiro atoms. The molecular weight excluding hydrogens is 286 g/mol. The molecule has 3 heteroatoms. The van der Waals surface area contributed by atoms with E-state index in [1.807, 2.05) is 18.2 Å². The summed E-state index contributed by atoms with van der Waals surface area (Å²) >= 11 is 9.66. The van der Waals surface area contributed by atoms with E-state index in [-0.39, 0.29) is 5.41 Å². The Morgan fingerprint density at radius 2 is 2.00 bits per heavy atom. The molecule has 0 aromatic heterocycles. The fourth-order valence-corrected chi connectivity index (χ4v) is 2.48. The average Bonchev–Trinajstić information content (AvgIpc) is 2.17. The minimum Gasteiger partial charge on any atom is -0.310 e. The maximum Gasteiger partial charge on any atom is 0.0410 e. The third-order valence-electron chi connectivity index (χ3n) is 2.54. The van der Waals surface area contributed by atoms with Crippen molar-refractivity contribution in [1.29, 1.82) is 0 Å². The molecule has 1 nitrogen and oxygen atoms in total. The third kappa shape index (κ3) is 3.47. The Morgan fingerprint density at radius 3 is 2.50 bits per heavy atom. The van der Waals surface area contributed by atoms with Crippen LogP contribution < -0.4 is 5.32 Å². The second-order valence-electron chi connectivity index (χ2n) is 5.02. The fraction of sp³-hybridized carbons (Fsp3) is 0.538. The largest absolute Gasteiger partial charge is 0.310 e. The average molecular weight is 305 g/mol. The van der Waals surface area contributed by atoms with E-state index in [2.05, 4.69) is 48.9 Å². The lowest BCUT2D eigenvalue weighted by atomic mass is 9.82. The van der Waals surface area contributed by atoms with Crippen molar-refractivity contribution in [3.05, 3.63) is 33.3 Å². The van der Waals surface area contributed by atoms with Gasteiger partial charge in [-0.15, -0.1) is 0 Å². The predicted molar refractivity (Wildman–Crippen MR) is 75.0 cm³/mol. The van der Waals surface area contributed by atoms with Crippen molar-refractivity contribution in [2.75, 3.05) is 6.54 Å². The lowest BCUT2D eigenvalue weighted by Crippen LogP contribution is -2.32. The third-order valence-corrected chi connectivity index (χ3v) is 3.50. The molecule has 0 amide bonds. The van der Waals surface area contributed by atoms with Crippen molar-refractivity contribution in [2.24, 2.45) is 5.41 Å². The quantitative estimate of drug-likeness (QED) is 0.846. The highest BCUT2D eigenvalue weighted by Gasteiger charge is 2.26. The summed E-state index contributed by atoms with van der Waals surface area (Å²) in [7, 11) is 0. The van der Waals surface area contributed by atoms with Crippen LogP contribution in [-0.2, 0) is 0 Å². The second kappa shape index (κ2) is 5.52. The van der Waals surface area contributed by atoms with Gasteiger partial charge in [-0.3, -0.25) is 0 Å². The monoisotopic (exact) mass is 303 g/mol. The number of nitrogens with one attached hydrogen (secondary N) is 1. The molecule has 0 radical (unpaired) electrons. The first-order chi connectivity index (χ1) is 7.36. The molecule has 0 aliphatic heterocycles. The van der Waals surface area contributed by atoms with E-state index in [4.69, 9.17) is 11.6 Å². The van der Waals surface area contributed by atoms with Gasteiger partial charge in [0.15, 0.2) is 0 Å². The molecule has 0 aliphatic carbocycles. The SMILES string of the molecule is CCNC(c1cc(Cl)ccc1Br)C(C)(C)C. The standard InChI is InChI=1S/C13H19BrClN/c1-5-16-12(13(2,3)4)10-8-9(15)6-7-11(10)14/h6-8,12,16H,5H2,1-4H3. The van der Waals surface area contributed by atoms with Gasteiger partial charge in [0.1, 0.15) is 0 Å². The van der Waals surface area contributed by atoms with E-state index < -0.39 is 0 Å². The van der Waals surface area contributed by atoms with Crippen LogP contribution in [0.5, 0.6) is 0 Å². The topological polar surface area (TPSA) is 12.0 Å². The zero-order valence-electron chi connectivity index (χ0n) is 10.3. The summed E-state index contributed by atoms with van der Waals surface area (Å²) in [5, 5.41) is 4.30. The zero-order chi connectivity index (χ0) is 12.3. The van der Waals surface area contributed by atoms with Gasteiger partial charge in [-0.1, -0.05) is 55.2 Å². The van der Waals surface area contributed by atoms with Gasteiger partial charge < -0.3 is 5.32 Å². The van der Waals surface area contributed by atoms with E-state index in [0.29, 0.717) is 6.04 Å². The minimum absolute atomic E-state index is 0.156. The Labute approximate surface area is 112 Å². The van der Waals surface area contributed by atoms with Crippen LogP contribution in [0.3, 0.4) is 0 Å². The van der Waals surface area contributed by atoms with Crippen LogP contribution in [0.15, 0.2) is 22.7 Å². The van der Waals surface area contributed by atoms with Crippen LogP contribution in [0.1, 0.15) is 39.3 Å². The lowest BCUT2D eigenvalue weighted by Gasteiger charge is -2.32. The Balaban J connectivity index is 3.15. The summed E-state index contributed by atoms with van der Waals surface area (Å²) in [6.45, 7) is 9.76. The summed E-state index contributed by atoms with van der Waals surface area (Å²) in [5.74, 6) is 0. The summed E-state index contributed by atoms with van der Waals surface area (Å²) in [5.41, 5.74) is 1.38. The molecule has 1 unspecified atom stereocenters. The molecule has 0 fully saturated rings. The molecule has 1 aromatic rings. The van der Waals surface area contributed by atoms with Gasteiger partial charge in [0, 0.05) is 15.5 Å². The lowest BCUT2D eigenvalue weighted by molar-refractivity contribution is 0.276. The molecule has 0 bridgehead atoms. The normalized spacial score (nSPS) is 13.9. The van der Waals surface area contributed by atoms with Gasteiger partial charge in [0.05, 0.1) is 0 Å². The number of rotatable bonds is 3. The predicted octanol–water partition coefficient (Wildman–Crippen LogP) is 4.80. The summed E-state index contributed by atoms with van der Waals surface area (Å²) in [6.07, 6.45) is 0. The molecule has 1 atom stereocenters. The maximum atomic E-state index is 6.06. The zero-order valence-corrected chi connectivity index (χ0v) is 12.6. The Morgan fingerprint density at radius 1 is 1.38 bits per heavy atom. The summed E-state index contributed by atoms with van der Waals surface area (Å²) in [6, 6.07) is 6.24. The molecule has 1 rings (SSSR count). The van der Waals surface area contributed by atoms with E-state index in [0.717, 1.165) is 16.0 Å². The maximum absolute atomic E-state index is 6.06. The van der Waals surface area contributed by atoms with Crippen LogP contribution >= 0.6 is 27.5 Å². The highest BCUT2D eigenvalue weighted by molar-refractivity contribution is 9.10. The molecule has 0 aliphatic rings. The Kier molecular flexibility index (Phi) is 4.84. The van der Waals surface area contributed by atoms with Gasteiger partial charge >= 0.3 is 0 Å². The van der Waals surface area contributed by atoms with Crippen molar-refractivity contribution in [3.63, 3.8) is 0 Å². The second-order valence-corrected chi connectivity index (χ2v) is 6.31. The Bertz CT molecular complexity index is 357. The first-order valence-electron chi connectivity index (χ1n) is 5.54. The first-order valence-corrected chi connectivity index (χ1v) is 6.71. The van der Waals surface area contributed by atoms with Crippen molar-refractivity contribution in [2.45, 2.75) is 33.7 Å². The molecule has 90 valence electrons. The molecular formula is C13H19BrClN. The van der Waals surface area contributed by atoms with Gasteiger partial charge in [-0.2, -0.15) is 0 Å². The van der Waals surface area contributed by atoms with Crippen molar-refractivity contribution < 1.29 is 0 Å². The fourth-order valence-electron chi connectivity index (χ4n) is 1.82. The molecule has 0 heterocycles. The van der Waals surface area contributed by atoms with Crippen molar-refractivity contribution >= 4 is 27.5 Å². The number of hydrogen-bond acceptors (Lipinski definition) is 1. The van der Waals surface area contributed by atoms with Crippen LogP contribution in [0.2, 0.25) is 5.02 Å².